The highest BCUT2D eigenvalue weighted by Gasteiger charge is 2.25. The molecule has 2 aromatic rings. The first kappa shape index (κ1) is 23.0. The van der Waals surface area contributed by atoms with Gasteiger partial charge in [0.05, 0.1) is 12.3 Å². The number of nitrogens with one attached hydrogen (secondary N) is 1. The highest BCUT2D eigenvalue weighted by atomic mass is 16.5. The van der Waals surface area contributed by atoms with E-state index < -0.39 is 11.9 Å². The van der Waals surface area contributed by atoms with Crippen molar-refractivity contribution in [1.82, 2.24) is 15.3 Å². The normalized spacial score (nSPS) is 16.5. The van der Waals surface area contributed by atoms with Crippen LogP contribution in [0.5, 0.6) is 5.75 Å². The van der Waals surface area contributed by atoms with Crippen molar-refractivity contribution in [2.24, 2.45) is 5.92 Å². The molecule has 8 heteroatoms. The Morgan fingerprint density at radius 3 is 2.45 bits per heavy atom. The van der Waals surface area contributed by atoms with Gasteiger partial charge in [-0.2, -0.15) is 0 Å². The van der Waals surface area contributed by atoms with Gasteiger partial charge in [0, 0.05) is 25.2 Å². The summed E-state index contributed by atoms with van der Waals surface area (Å²) in [6.07, 6.45) is 5.31. The maximum absolute atomic E-state index is 12.5. The Hall–Kier alpha value is -3.16. The number of nitrogens with zero attached hydrogens (tertiary/aromatic N) is 3. The molecule has 0 atom stereocenters. The van der Waals surface area contributed by atoms with Crippen molar-refractivity contribution in [1.29, 1.82) is 0 Å². The van der Waals surface area contributed by atoms with Crippen molar-refractivity contribution < 1.29 is 19.4 Å². The van der Waals surface area contributed by atoms with Crippen molar-refractivity contribution in [3.8, 4) is 5.75 Å². The van der Waals surface area contributed by atoms with Crippen molar-refractivity contribution in [2.75, 3.05) is 31.1 Å². The van der Waals surface area contributed by atoms with Gasteiger partial charge in [-0.25, -0.2) is 9.97 Å². The summed E-state index contributed by atoms with van der Waals surface area (Å²) in [7, 11) is 0. The summed E-state index contributed by atoms with van der Waals surface area (Å²) in [6.45, 7) is 5.25. The van der Waals surface area contributed by atoms with Crippen molar-refractivity contribution in [2.45, 2.75) is 51.9 Å². The molecule has 2 N–H and O–H groups in total. The zero-order valence-corrected chi connectivity index (χ0v) is 19.3. The van der Waals surface area contributed by atoms with E-state index in [4.69, 9.17) is 4.74 Å². The number of rotatable bonds is 8. The molecule has 0 spiro atoms. The minimum atomic E-state index is -0.614. The van der Waals surface area contributed by atoms with Crippen LogP contribution < -0.4 is 10.2 Å². The van der Waals surface area contributed by atoms with Crippen LogP contribution in [0.2, 0.25) is 0 Å². The highest BCUT2D eigenvalue weighted by molar-refractivity contribution is 5.96. The van der Waals surface area contributed by atoms with E-state index in [1.807, 2.05) is 0 Å². The average molecular weight is 453 g/mol. The summed E-state index contributed by atoms with van der Waals surface area (Å²) >= 11 is 0. The number of carbonyl (C=O) groups is 2. The second-order valence-corrected chi connectivity index (χ2v) is 8.91. The molecule has 33 heavy (non-hydrogen) atoms. The molecule has 1 aromatic heterocycles. The summed E-state index contributed by atoms with van der Waals surface area (Å²) in [4.78, 5) is 35.1. The van der Waals surface area contributed by atoms with Gasteiger partial charge >= 0.3 is 5.97 Å². The molecule has 1 saturated carbocycles. The van der Waals surface area contributed by atoms with Gasteiger partial charge in [0.1, 0.15) is 12.4 Å². The average Bonchev–Trinajstić information content (AvgIpc) is 3.66. The van der Waals surface area contributed by atoms with Crippen LogP contribution in [0.15, 0.2) is 24.3 Å². The van der Waals surface area contributed by atoms with E-state index in [-0.39, 0.29) is 24.6 Å². The number of piperidine rings is 1. The summed E-state index contributed by atoms with van der Waals surface area (Å²) in [5.41, 5.74) is 2.98. The largest absolute Gasteiger partial charge is 0.504 e. The standard InChI is InChI=1S/C25H32N4O4/c1-3-33-22(30)15-26-25(32)23-24(31)16(2)27-21(28-23)14-17-10-12-29(13-11-17)20-8-6-19(7-9-20)18-4-5-18/h6-9,17-18,31H,3-5,10-15H2,1-2H3,(H,26,32). The molecular weight excluding hydrogens is 420 g/mol. The van der Waals surface area contributed by atoms with Crippen LogP contribution in [0.25, 0.3) is 0 Å². The number of hydrogen-bond donors (Lipinski definition) is 2. The Labute approximate surface area is 194 Å². The molecule has 2 fully saturated rings. The lowest BCUT2D eigenvalue weighted by Crippen LogP contribution is -2.34. The first-order valence-corrected chi connectivity index (χ1v) is 11.8. The Bertz CT molecular complexity index is 996. The van der Waals surface area contributed by atoms with Gasteiger partial charge in [0.25, 0.3) is 5.91 Å². The molecule has 0 bridgehead atoms. The summed E-state index contributed by atoms with van der Waals surface area (Å²) in [6, 6.07) is 9.00. The van der Waals surface area contributed by atoms with Crippen LogP contribution in [0, 0.1) is 12.8 Å². The first-order chi connectivity index (χ1) is 15.9. The van der Waals surface area contributed by atoms with Gasteiger partial charge in [-0.05, 0) is 69.1 Å². The first-order valence-electron chi connectivity index (χ1n) is 11.8. The number of anilines is 1. The third-order valence-electron chi connectivity index (χ3n) is 6.41. The number of aryl methyl sites for hydroxylation is 1. The predicted octanol–water partition coefficient (Wildman–Crippen LogP) is 3.12. The van der Waals surface area contributed by atoms with Gasteiger partial charge in [-0.3, -0.25) is 9.59 Å². The van der Waals surface area contributed by atoms with Gasteiger partial charge in [-0.1, -0.05) is 12.1 Å². The second kappa shape index (κ2) is 10.2. The number of hydrogen-bond acceptors (Lipinski definition) is 7. The predicted molar refractivity (Wildman–Crippen MR) is 124 cm³/mol. The zero-order chi connectivity index (χ0) is 23.4. The number of esters is 1. The molecule has 1 amide bonds. The Morgan fingerprint density at radius 2 is 1.82 bits per heavy atom. The lowest BCUT2D eigenvalue weighted by atomic mass is 9.92. The Kier molecular flexibility index (Phi) is 7.11. The molecule has 1 aliphatic carbocycles. The third kappa shape index (κ3) is 5.80. The van der Waals surface area contributed by atoms with Crippen molar-refractivity contribution in [3.05, 3.63) is 47.0 Å². The molecule has 1 aliphatic heterocycles. The number of aromatic hydroxyl groups is 1. The van der Waals surface area contributed by atoms with Gasteiger partial charge in [-0.15, -0.1) is 0 Å². The van der Waals surface area contributed by atoms with Crippen LogP contribution >= 0.6 is 0 Å². The topological polar surface area (TPSA) is 105 Å². The highest BCUT2D eigenvalue weighted by Crippen LogP contribution is 2.40. The lowest BCUT2D eigenvalue weighted by Gasteiger charge is -2.33. The SMILES string of the molecule is CCOC(=O)CNC(=O)c1nc(CC2CCN(c3ccc(C4CC4)cc3)CC2)nc(C)c1O. The molecule has 8 nitrogen and oxygen atoms in total. The fourth-order valence-electron chi connectivity index (χ4n) is 4.35. The van der Waals surface area contributed by atoms with Crippen LogP contribution in [-0.4, -0.2) is 53.2 Å². The van der Waals surface area contributed by atoms with E-state index >= 15 is 0 Å². The summed E-state index contributed by atoms with van der Waals surface area (Å²) in [5, 5.41) is 12.7. The molecule has 4 rings (SSSR count). The van der Waals surface area contributed by atoms with Gasteiger partial charge in [0.15, 0.2) is 11.4 Å². The van der Waals surface area contributed by atoms with E-state index in [0.29, 0.717) is 23.9 Å². The van der Waals surface area contributed by atoms with E-state index in [0.717, 1.165) is 31.8 Å². The number of benzene rings is 1. The van der Waals surface area contributed by atoms with Crippen LogP contribution in [0.3, 0.4) is 0 Å². The number of aromatic nitrogens is 2. The number of amides is 1. The van der Waals surface area contributed by atoms with Crippen molar-refractivity contribution >= 4 is 17.6 Å². The maximum Gasteiger partial charge on any atom is 0.325 e. The fraction of sp³-hybridized carbons (Fsp3) is 0.520. The molecule has 1 aromatic carbocycles. The molecule has 0 radical (unpaired) electrons. The minimum absolute atomic E-state index is 0.102. The molecule has 0 unspecified atom stereocenters. The molecule has 2 aliphatic rings. The minimum Gasteiger partial charge on any atom is -0.504 e. The smallest absolute Gasteiger partial charge is 0.325 e. The summed E-state index contributed by atoms with van der Waals surface area (Å²) in [5.74, 6) is 0.313. The molecule has 2 heterocycles. The van der Waals surface area contributed by atoms with Crippen molar-refractivity contribution in [3.63, 3.8) is 0 Å². The molecular formula is C25H32N4O4. The summed E-state index contributed by atoms with van der Waals surface area (Å²) < 4.78 is 4.81. The van der Waals surface area contributed by atoms with E-state index in [9.17, 15) is 14.7 Å². The van der Waals surface area contributed by atoms with Gasteiger partial charge < -0.3 is 20.1 Å². The van der Waals surface area contributed by atoms with Gasteiger partial charge in [0.2, 0.25) is 0 Å². The monoisotopic (exact) mass is 452 g/mol. The quantitative estimate of drug-likeness (QED) is 0.593. The van der Waals surface area contributed by atoms with Crippen LogP contribution in [-0.2, 0) is 16.0 Å². The van der Waals surface area contributed by atoms with Crippen LogP contribution in [0.1, 0.15) is 66.1 Å². The third-order valence-corrected chi connectivity index (χ3v) is 6.41. The van der Waals surface area contributed by atoms with Crippen LogP contribution in [0.4, 0.5) is 5.69 Å². The second-order valence-electron chi connectivity index (χ2n) is 8.91. The lowest BCUT2D eigenvalue weighted by molar-refractivity contribution is -0.141. The van der Waals surface area contributed by atoms with E-state index in [2.05, 4.69) is 44.5 Å². The Balaban J connectivity index is 1.34. The Morgan fingerprint density at radius 1 is 1.12 bits per heavy atom. The zero-order valence-electron chi connectivity index (χ0n) is 19.3. The fourth-order valence-corrected chi connectivity index (χ4v) is 4.35. The maximum atomic E-state index is 12.5. The molecule has 176 valence electrons. The van der Waals surface area contributed by atoms with E-state index in [1.165, 1.54) is 24.1 Å². The number of ether oxygens (including phenoxy) is 1. The number of carbonyl (C=O) groups excluding carboxylic acids is 2. The molecule has 1 saturated heterocycles. The van der Waals surface area contributed by atoms with E-state index in [1.54, 1.807) is 13.8 Å².